The Morgan fingerprint density at radius 1 is 1.38 bits per heavy atom. The summed E-state index contributed by atoms with van der Waals surface area (Å²) in [5.41, 5.74) is -0.585. The highest BCUT2D eigenvalue weighted by molar-refractivity contribution is 5.26. The number of benzene rings is 1. The molecule has 0 radical (unpaired) electrons. The summed E-state index contributed by atoms with van der Waals surface area (Å²) in [5, 5.41) is 12.4. The van der Waals surface area contributed by atoms with Crippen molar-refractivity contribution in [1.82, 2.24) is 5.32 Å². The lowest BCUT2D eigenvalue weighted by atomic mass is 9.92. The average Bonchev–Trinajstić information content (AvgIpc) is 2.26. The average molecular weight is 229 g/mol. The van der Waals surface area contributed by atoms with E-state index in [0.29, 0.717) is 6.54 Å². The van der Waals surface area contributed by atoms with Crippen molar-refractivity contribution in [1.29, 1.82) is 0 Å². The van der Waals surface area contributed by atoms with E-state index in [0.717, 1.165) is 12.5 Å². The van der Waals surface area contributed by atoms with Gasteiger partial charge in [-0.05, 0) is 26.0 Å². The van der Waals surface area contributed by atoms with Gasteiger partial charge < -0.3 is 10.4 Å². The molecule has 0 aliphatic rings. The zero-order valence-electron chi connectivity index (χ0n) is 9.56. The zero-order valence-corrected chi connectivity index (χ0v) is 9.56. The van der Waals surface area contributed by atoms with Gasteiger partial charge in [0.1, 0.15) is 11.6 Å². The van der Waals surface area contributed by atoms with E-state index >= 15 is 0 Å². The second-order valence-electron chi connectivity index (χ2n) is 4.04. The van der Waals surface area contributed by atoms with Crippen LogP contribution in [0.3, 0.4) is 0 Å². The molecule has 0 amide bonds. The van der Waals surface area contributed by atoms with Crippen molar-refractivity contribution in [3.8, 4) is 0 Å². The molecule has 0 heterocycles. The Hall–Kier alpha value is -1.00. The summed E-state index contributed by atoms with van der Waals surface area (Å²) >= 11 is 0. The SMILES string of the molecule is CCCNC(C)(CO)c1ccc(F)cc1F. The molecule has 90 valence electrons. The van der Waals surface area contributed by atoms with Crippen molar-refractivity contribution in [2.75, 3.05) is 13.2 Å². The molecular formula is C12H17F2NO. The molecule has 0 saturated carbocycles. The van der Waals surface area contributed by atoms with Gasteiger partial charge in [0.05, 0.1) is 12.1 Å². The normalized spacial score (nSPS) is 14.8. The summed E-state index contributed by atoms with van der Waals surface area (Å²) in [4.78, 5) is 0. The first kappa shape index (κ1) is 13.1. The maximum absolute atomic E-state index is 13.6. The molecule has 1 atom stereocenters. The number of halogens is 2. The number of rotatable bonds is 5. The fourth-order valence-electron chi connectivity index (χ4n) is 1.57. The lowest BCUT2D eigenvalue weighted by Gasteiger charge is -2.29. The molecule has 0 aliphatic heterocycles. The standard InChI is InChI=1S/C12H17F2NO/c1-3-6-15-12(2,8-16)10-5-4-9(13)7-11(10)14/h4-5,7,15-16H,3,6,8H2,1-2H3. The summed E-state index contributed by atoms with van der Waals surface area (Å²) in [6.07, 6.45) is 0.873. The lowest BCUT2D eigenvalue weighted by Crippen LogP contribution is -2.44. The molecule has 1 rings (SSSR count). The quantitative estimate of drug-likeness (QED) is 0.811. The second kappa shape index (κ2) is 5.37. The van der Waals surface area contributed by atoms with Crippen LogP contribution in [0.1, 0.15) is 25.8 Å². The number of hydrogen-bond donors (Lipinski definition) is 2. The van der Waals surface area contributed by atoms with Crippen LogP contribution in [0.15, 0.2) is 18.2 Å². The maximum atomic E-state index is 13.6. The van der Waals surface area contributed by atoms with Gasteiger partial charge >= 0.3 is 0 Å². The zero-order chi connectivity index (χ0) is 12.2. The maximum Gasteiger partial charge on any atom is 0.131 e. The molecule has 0 fully saturated rings. The first-order valence-electron chi connectivity index (χ1n) is 5.35. The summed E-state index contributed by atoms with van der Waals surface area (Å²) in [6, 6.07) is 3.39. The first-order valence-corrected chi connectivity index (χ1v) is 5.35. The number of hydrogen-bond acceptors (Lipinski definition) is 2. The number of aliphatic hydroxyl groups excluding tert-OH is 1. The van der Waals surface area contributed by atoms with Gasteiger partial charge in [-0.25, -0.2) is 8.78 Å². The molecule has 1 aromatic rings. The third-order valence-electron chi connectivity index (χ3n) is 2.61. The van der Waals surface area contributed by atoms with E-state index in [-0.39, 0.29) is 12.2 Å². The summed E-state index contributed by atoms with van der Waals surface area (Å²) in [7, 11) is 0. The Kier molecular flexibility index (Phi) is 4.38. The molecule has 16 heavy (non-hydrogen) atoms. The van der Waals surface area contributed by atoms with E-state index in [9.17, 15) is 13.9 Å². The van der Waals surface area contributed by atoms with Gasteiger partial charge in [0.15, 0.2) is 0 Å². The third-order valence-corrected chi connectivity index (χ3v) is 2.61. The smallest absolute Gasteiger partial charge is 0.131 e. The fraction of sp³-hybridized carbons (Fsp3) is 0.500. The molecule has 4 heteroatoms. The van der Waals surface area contributed by atoms with Crippen molar-refractivity contribution in [2.45, 2.75) is 25.8 Å². The minimum atomic E-state index is -0.867. The number of nitrogens with one attached hydrogen (secondary N) is 1. The Bertz CT molecular complexity index is 357. The van der Waals surface area contributed by atoms with Crippen LogP contribution in [0.2, 0.25) is 0 Å². The third kappa shape index (κ3) is 2.77. The van der Waals surface area contributed by atoms with Crippen LogP contribution in [0, 0.1) is 11.6 Å². The minimum absolute atomic E-state index is 0.241. The molecule has 1 unspecified atom stereocenters. The predicted molar refractivity (Wildman–Crippen MR) is 59.1 cm³/mol. The second-order valence-corrected chi connectivity index (χ2v) is 4.04. The molecule has 0 saturated heterocycles. The lowest BCUT2D eigenvalue weighted by molar-refractivity contribution is 0.171. The highest BCUT2D eigenvalue weighted by Gasteiger charge is 2.28. The molecule has 0 aromatic heterocycles. The predicted octanol–water partition coefficient (Wildman–Crippen LogP) is 2.17. The molecule has 0 bridgehead atoms. The minimum Gasteiger partial charge on any atom is -0.394 e. The van der Waals surface area contributed by atoms with Crippen LogP contribution in [0.5, 0.6) is 0 Å². The van der Waals surface area contributed by atoms with Gasteiger partial charge in [0.25, 0.3) is 0 Å². The molecular weight excluding hydrogens is 212 g/mol. The van der Waals surface area contributed by atoms with Gasteiger partial charge in [0, 0.05) is 11.6 Å². The van der Waals surface area contributed by atoms with E-state index in [2.05, 4.69) is 5.32 Å². The molecule has 2 nitrogen and oxygen atoms in total. The molecule has 0 spiro atoms. The van der Waals surface area contributed by atoms with Crippen molar-refractivity contribution in [2.24, 2.45) is 0 Å². The molecule has 0 aliphatic carbocycles. The van der Waals surface area contributed by atoms with E-state index < -0.39 is 17.2 Å². The van der Waals surface area contributed by atoms with Crippen LogP contribution in [0.4, 0.5) is 8.78 Å². The van der Waals surface area contributed by atoms with Gasteiger partial charge in [-0.2, -0.15) is 0 Å². The Balaban J connectivity index is 3.02. The van der Waals surface area contributed by atoms with Crippen LogP contribution >= 0.6 is 0 Å². The number of aliphatic hydroxyl groups is 1. The summed E-state index contributed by atoms with van der Waals surface area (Å²) in [6.45, 7) is 4.09. The highest BCUT2D eigenvalue weighted by atomic mass is 19.1. The first-order chi connectivity index (χ1) is 7.53. The molecule has 1 aromatic carbocycles. The van der Waals surface area contributed by atoms with Crippen LogP contribution in [-0.2, 0) is 5.54 Å². The van der Waals surface area contributed by atoms with Gasteiger partial charge in [-0.15, -0.1) is 0 Å². The fourth-order valence-corrected chi connectivity index (χ4v) is 1.57. The highest BCUT2D eigenvalue weighted by Crippen LogP contribution is 2.23. The van der Waals surface area contributed by atoms with Crippen LogP contribution < -0.4 is 5.32 Å². The van der Waals surface area contributed by atoms with Gasteiger partial charge in [-0.1, -0.05) is 13.0 Å². The van der Waals surface area contributed by atoms with Gasteiger partial charge in [0.2, 0.25) is 0 Å². The molecule has 2 N–H and O–H groups in total. The largest absolute Gasteiger partial charge is 0.394 e. The van der Waals surface area contributed by atoms with Crippen LogP contribution in [-0.4, -0.2) is 18.3 Å². The Morgan fingerprint density at radius 2 is 2.06 bits per heavy atom. The Morgan fingerprint density at radius 3 is 2.56 bits per heavy atom. The summed E-state index contributed by atoms with van der Waals surface area (Å²) < 4.78 is 26.3. The van der Waals surface area contributed by atoms with Crippen molar-refractivity contribution in [3.63, 3.8) is 0 Å². The Labute approximate surface area is 94.3 Å². The van der Waals surface area contributed by atoms with E-state index in [1.165, 1.54) is 12.1 Å². The van der Waals surface area contributed by atoms with Crippen LogP contribution in [0.25, 0.3) is 0 Å². The topological polar surface area (TPSA) is 32.3 Å². The van der Waals surface area contributed by atoms with Gasteiger partial charge in [-0.3, -0.25) is 0 Å². The van der Waals surface area contributed by atoms with E-state index in [1.54, 1.807) is 6.92 Å². The van der Waals surface area contributed by atoms with Crippen molar-refractivity contribution < 1.29 is 13.9 Å². The van der Waals surface area contributed by atoms with E-state index in [1.807, 2.05) is 6.92 Å². The van der Waals surface area contributed by atoms with Crippen molar-refractivity contribution in [3.05, 3.63) is 35.4 Å². The monoisotopic (exact) mass is 229 g/mol. The van der Waals surface area contributed by atoms with E-state index in [4.69, 9.17) is 0 Å². The summed E-state index contributed by atoms with van der Waals surface area (Å²) in [5.74, 6) is -1.25. The van der Waals surface area contributed by atoms with Crippen molar-refractivity contribution >= 4 is 0 Å².